The summed E-state index contributed by atoms with van der Waals surface area (Å²) in [5, 5.41) is 4.06. The van der Waals surface area contributed by atoms with Gasteiger partial charge in [0.1, 0.15) is 12.4 Å². The number of hydrogen-bond donors (Lipinski definition) is 0. The third-order valence-electron chi connectivity index (χ3n) is 2.06. The van der Waals surface area contributed by atoms with Crippen LogP contribution < -0.4 is 4.74 Å². The predicted molar refractivity (Wildman–Crippen MR) is 61.4 cm³/mol. The van der Waals surface area contributed by atoms with Crippen molar-refractivity contribution in [2.24, 2.45) is 5.16 Å². The van der Waals surface area contributed by atoms with Crippen molar-refractivity contribution in [2.75, 3.05) is 13.7 Å². The summed E-state index contributed by atoms with van der Waals surface area (Å²) >= 11 is 0. The number of benzene rings is 1. The fourth-order valence-corrected chi connectivity index (χ4v) is 1.25. The lowest BCUT2D eigenvalue weighted by atomic mass is 10.1. The van der Waals surface area contributed by atoms with Crippen LogP contribution in [0.3, 0.4) is 0 Å². The largest absolute Gasteiger partial charge is 0.497 e. The summed E-state index contributed by atoms with van der Waals surface area (Å²) in [6, 6.07) is 7.82. The van der Waals surface area contributed by atoms with Crippen molar-refractivity contribution in [1.82, 2.24) is 0 Å². The van der Waals surface area contributed by atoms with Gasteiger partial charge in [0.15, 0.2) is 0 Å². The molecule has 1 aromatic rings. The quantitative estimate of drug-likeness (QED) is 0.549. The van der Waals surface area contributed by atoms with Gasteiger partial charge in [-0.3, -0.25) is 0 Å². The Balaban J connectivity index is 2.83. The average Bonchev–Trinajstić information content (AvgIpc) is 2.31. The van der Waals surface area contributed by atoms with Crippen LogP contribution in [0, 0.1) is 0 Å². The number of rotatable bonds is 5. The van der Waals surface area contributed by atoms with Crippen molar-refractivity contribution in [3.8, 4) is 5.75 Å². The Morgan fingerprint density at radius 3 is 2.33 bits per heavy atom. The Labute approximate surface area is 90.7 Å². The van der Waals surface area contributed by atoms with E-state index in [0.29, 0.717) is 6.61 Å². The highest BCUT2D eigenvalue weighted by Crippen LogP contribution is 2.13. The summed E-state index contributed by atoms with van der Waals surface area (Å²) in [5.74, 6) is 0.852. The van der Waals surface area contributed by atoms with E-state index in [9.17, 15) is 0 Å². The molecule has 3 nitrogen and oxygen atoms in total. The molecule has 0 heterocycles. The lowest BCUT2D eigenvalue weighted by Gasteiger charge is -2.05. The minimum Gasteiger partial charge on any atom is -0.497 e. The third kappa shape index (κ3) is 3.27. The predicted octanol–water partition coefficient (Wildman–Crippen LogP) is 2.85. The third-order valence-corrected chi connectivity index (χ3v) is 2.06. The molecule has 0 amide bonds. The van der Waals surface area contributed by atoms with Crippen molar-refractivity contribution >= 4 is 5.71 Å². The number of oxime groups is 1. The van der Waals surface area contributed by atoms with Crippen molar-refractivity contribution in [3.05, 3.63) is 29.8 Å². The normalized spacial score (nSPS) is 11.3. The first-order valence-corrected chi connectivity index (χ1v) is 5.15. The van der Waals surface area contributed by atoms with Crippen molar-refractivity contribution in [1.29, 1.82) is 0 Å². The SMILES string of the molecule is CCO/N=C(\CC)c1ccc(OC)cc1. The van der Waals surface area contributed by atoms with E-state index in [1.807, 2.05) is 31.2 Å². The number of nitrogens with zero attached hydrogens (tertiary/aromatic N) is 1. The molecule has 1 rings (SSSR count). The molecule has 0 fully saturated rings. The summed E-state index contributed by atoms with van der Waals surface area (Å²) < 4.78 is 5.09. The molecule has 82 valence electrons. The molecule has 0 atom stereocenters. The van der Waals surface area contributed by atoms with E-state index in [1.54, 1.807) is 7.11 Å². The second-order valence-electron chi connectivity index (χ2n) is 3.04. The monoisotopic (exact) mass is 207 g/mol. The lowest BCUT2D eigenvalue weighted by molar-refractivity contribution is 0.158. The first-order valence-electron chi connectivity index (χ1n) is 5.15. The van der Waals surface area contributed by atoms with Crippen LogP contribution in [0.15, 0.2) is 29.4 Å². The first-order chi connectivity index (χ1) is 7.31. The smallest absolute Gasteiger partial charge is 0.118 e. The van der Waals surface area contributed by atoms with E-state index in [1.165, 1.54) is 0 Å². The molecular formula is C12H17NO2. The van der Waals surface area contributed by atoms with Crippen molar-refractivity contribution in [2.45, 2.75) is 20.3 Å². The van der Waals surface area contributed by atoms with Gasteiger partial charge in [0.2, 0.25) is 0 Å². The van der Waals surface area contributed by atoms with Gasteiger partial charge in [-0.15, -0.1) is 0 Å². The van der Waals surface area contributed by atoms with Crippen LogP contribution in [-0.2, 0) is 4.84 Å². The van der Waals surface area contributed by atoms with E-state index in [-0.39, 0.29) is 0 Å². The molecule has 0 unspecified atom stereocenters. The van der Waals surface area contributed by atoms with Crippen molar-refractivity contribution < 1.29 is 9.57 Å². The summed E-state index contributed by atoms with van der Waals surface area (Å²) in [4.78, 5) is 5.05. The molecule has 0 saturated carbocycles. The molecule has 0 aliphatic rings. The van der Waals surface area contributed by atoms with Gasteiger partial charge in [-0.1, -0.05) is 12.1 Å². The van der Waals surface area contributed by atoms with Crippen molar-refractivity contribution in [3.63, 3.8) is 0 Å². The Morgan fingerprint density at radius 2 is 1.87 bits per heavy atom. The maximum Gasteiger partial charge on any atom is 0.118 e. The number of ether oxygens (including phenoxy) is 1. The highest BCUT2D eigenvalue weighted by Gasteiger charge is 2.01. The zero-order valence-electron chi connectivity index (χ0n) is 9.49. The van der Waals surface area contributed by atoms with Crippen LogP contribution in [-0.4, -0.2) is 19.4 Å². The van der Waals surface area contributed by atoms with Crippen LogP contribution in [0.1, 0.15) is 25.8 Å². The molecule has 0 aromatic heterocycles. The zero-order valence-corrected chi connectivity index (χ0v) is 9.49. The second kappa shape index (κ2) is 6.06. The standard InChI is InChI=1S/C12H17NO2/c1-4-12(13-15-5-2)10-6-8-11(14-3)9-7-10/h6-9H,4-5H2,1-3H3/b13-12+. The Hall–Kier alpha value is -1.51. The Kier molecular flexibility index (Phi) is 4.68. The maximum absolute atomic E-state index is 5.09. The number of methoxy groups -OCH3 is 1. The molecule has 0 bridgehead atoms. The molecule has 15 heavy (non-hydrogen) atoms. The molecule has 0 saturated heterocycles. The molecule has 0 radical (unpaired) electrons. The molecule has 0 aliphatic carbocycles. The minimum atomic E-state index is 0.597. The van der Waals surface area contributed by atoms with Gasteiger partial charge in [0.25, 0.3) is 0 Å². The molecule has 3 heteroatoms. The Morgan fingerprint density at radius 1 is 1.20 bits per heavy atom. The van der Waals surface area contributed by atoms with Crippen LogP contribution in [0.25, 0.3) is 0 Å². The second-order valence-corrected chi connectivity index (χ2v) is 3.04. The minimum absolute atomic E-state index is 0.597. The highest BCUT2D eigenvalue weighted by molar-refractivity contribution is 6.00. The molecule has 1 aromatic carbocycles. The van der Waals surface area contributed by atoms with Gasteiger partial charge in [0, 0.05) is 0 Å². The summed E-state index contributed by atoms with van der Waals surface area (Å²) in [5.41, 5.74) is 2.03. The molecule has 0 aliphatic heterocycles. The molecule has 0 spiro atoms. The van der Waals surface area contributed by atoms with Gasteiger partial charge >= 0.3 is 0 Å². The van der Waals surface area contributed by atoms with Crippen LogP contribution in [0.2, 0.25) is 0 Å². The fraction of sp³-hybridized carbons (Fsp3) is 0.417. The van der Waals surface area contributed by atoms with Gasteiger partial charge in [0.05, 0.1) is 12.8 Å². The van der Waals surface area contributed by atoms with E-state index in [0.717, 1.165) is 23.4 Å². The average molecular weight is 207 g/mol. The van der Waals surface area contributed by atoms with Gasteiger partial charge in [-0.2, -0.15) is 0 Å². The maximum atomic E-state index is 5.09. The van der Waals surface area contributed by atoms with Gasteiger partial charge in [-0.25, -0.2) is 0 Å². The van der Waals surface area contributed by atoms with E-state index in [2.05, 4.69) is 12.1 Å². The fourth-order valence-electron chi connectivity index (χ4n) is 1.25. The van der Waals surface area contributed by atoms with Crippen LogP contribution in [0.4, 0.5) is 0 Å². The van der Waals surface area contributed by atoms with E-state index >= 15 is 0 Å². The van der Waals surface area contributed by atoms with E-state index < -0.39 is 0 Å². The lowest BCUT2D eigenvalue weighted by Crippen LogP contribution is -2.00. The van der Waals surface area contributed by atoms with Gasteiger partial charge < -0.3 is 9.57 Å². The summed E-state index contributed by atoms with van der Waals surface area (Å²) in [7, 11) is 1.66. The Bertz CT molecular complexity index is 317. The summed E-state index contributed by atoms with van der Waals surface area (Å²) in [6.45, 7) is 4.58. The van der Waals surface area contributed by atoms with E-state index in [4.69, 9.17) is 9.57 Å². The van der Waals surface area contributed by atoms with Crippen LogP contribution >= 0.6 is 0 Å². The molecular weight excluding hydrogens is 190 g/mol. The molecule has 0 N–H and O–H groups in total. The first kappa shape index (κ1) is 11.6. The highest BCUT2D eigenvalue weighted by atomic mass is 16.6. The van der Waals surface area contributed by atoms with Crippen LogP contribution in [0.5, 0.6) is 5.75 Å². The van der Waals surface area contributed by atoms with Gasteiger partial charge in [-0.05, 0) is 43.2 Å². The zero-order chi connectivity index (χ0) is 11.1. The number of hydrogen-bond acceptors (Lipinski definition) is 3. The topological polar surface area (TPSA) is 30.8 Å². The summed E-state index contributed by atoms with van der Waals surface area (Å²) in [6.07, 6.45) is 0.854.